The van der Waals surface area contributed by atoms with Gasteiger partial charge in [0.1, 0.15) is 12.7 Å². The Morgan fingerprint density at radius 2 is 1.78 bits per heavy atom. The van der Waals surface area contributed by atoms with E-state index in [2.05, 4.69) is 21.5 Å². The Balaban J connectivity index is 1.70. The number of rotatable bonds is 4. The summed E-state index contributed by atoms with van der Waals surface area (Å²) in [4.78, 5) is 0. The highest BCUT2D eigenvalue weighted by Crippen LogP contribution is 2.08. The van der Waals surface area contributed by atoms with Gasteiger partial charge in [0.15, 0.2) is 0 Å². The van der Waals surface area contributed by atoms with Gasteiger partial charge >= 0.3 is 0 Å². The second kappa shape index (κ2) is 4.83. The van der Waals surface area contributed by atoms with Crippen molar-refractivity contribution in [2.45, 2.75) is 13.0 Å². The van der Waals surface area contributed by atoms with E-state index >= 15 is 0 Å². The molecule has 2 aromatic heterocycles. The van der Waals surface area contributed by atoms with Gasteiger partial charge in [0, 0.05) is 12.7 Å². The summed E-state index contributed by atoms with van der Waals surface area (Å²) in [5, 5.41) is 11.9. The summed E-state index contributed by atoms with van der Waals surface area (Å²) in [6.07, 6.45) is 8.32. The van der Waals surface area contributed by atoms with E-state index < -0.39 is 0 Å². The Hall–Kier alpha value is -2.43. The molecule has 0 saturated carbocycles. The van der Waals surface area contributed by atoms with Crippen molar-refractivity contribution in [1.29, 1.82) is 0 Å². The van der Waals surface area contributed by atoms with Crippen LogP contribution in [0.1, 0.15) is 5.56 Å². The minimum absolute atomic E-state index is 0.869. The molecule has 0 spiro atoms. The molecule has 3 aromatic rings. The SMILES string of the molecule is c1ccc(-n2cc(CCn3cnnc3)cn2)cc1. The molecule has 0 unspecified atom stereocenters. The van der Waals surface area contributed by atoms with E-state index in [1.165, 1.54) is 5.56 Å². The molecular weight excluding hydrogens is 226 g/mol. The quantitative estimate of drug-likeness (QED) is 0.696. The first-order valence-corrected chi connectivity index (χ1v) is 5.83. The van der Waals surface area contributed by atoms with Crippen LogP contribution in [0, 0.1) is 0 Å². The second-order valence-electron chi connectivity index (χ2n) is 4.08. The molecule has 0 fully saturated rings. The largest absolute Gasteiger partial charge is 0.320 e. The molecule has 0 radical (unpaired) electrons. The topological polar surface area (TPSA) is 48.5 Å². The number of hydrogen-bond donors (Lipinski definition) is 0. The van der Waals surface area contributed by atoms with E-state index in [0.29, 0.717) is 0 Å². The molecule has 0 saturated heterocycles. The molecule has 18 heavy (non-hydrogen) atoms. The van der Waals surface area contributed by atoms with Gasteiger partial charge in [0.05, 0.1) is 11.9 Å². The van der Waals surface area contributed by atoms with Crippen LogP contribution in [-0.2, 0) is 13.0 Å². The zero-order chi connectivity index (χ0) is 12.2. The van der Waals surface area contributed by atoms with Gasteiger partial charge in [-0.25, -0.2) is 4.68 Å². The highest BCUT2D eigenvalue weighted by atomic mass is 15.3. The maximum Gasteiger partial charge on any atom is 0.119 e. The molecule has 5 nitrogen and oxygen atoms in total. The van der Waals surface area contributed by atoms with Crippen molar-refractivity contribution < 1.29 is 0 Å². The second-order valence-corrected chi connectivity index (χ2v) is 4.08. The molecule has 0 N–H and O–H groups in total. The van der Waals surface area contributed by atoms with Gasteiger partial charge in [0.2, 0.25) is 0 Å². The summed E-state index contributed by atoms with van der Waals surface area (Å²) >= 11 is 0. The zero-order valence-electron chi connectivity index (χ0n) is 9.85. The third kappa shape index (κ3) is 2.29. The van der Waals surface area contributed by atoms with Gasteiger partial charge in [-0.05, 0) is 24.1 Å². The fourth-order valence-electron chi connectivity index (χ4n) is 1.81. The molecular formula is C13H13N5. The van der Waals surface area contributed by atoms with Crippen molar-refractivity contribution in [2.75, 3.05) is 0 Å². The van der Waals surface area contributed by atoms with E-state index in [4.69, 9.17) is 0 Å². The van der Waals surface area contributed by atoms with E-state index in [9.17, 15) is 0 Å². The Labute approximate surface area is 105 Å². The summed E-state index contributed by atoms with van der Waals surface area (Å²) in [7, 11) is 0. The van der Waals surface area contributed by atoms with Crippen molar-refractivity contribution in [3.63, 3.8) is 0 Å². The first kappa shape index (κ1) is 10.7. The predicted molar refractivity (Wildman–Crippen MR) is 67.3 cm³/mol. The van der Waals surface area contributed by atoms with Crippen LogP contribution in [0.3, 0.4) is 0 Å². The summed E-state index contributed by atoms with van der Waals surface area (Å²) in [6.45, 7) is 0.869. The number of aryl methyl sites for hydroxylation is 2. The summed E-state index contributed by atoms with van der Waals surface area (Å²) in [5.74, 6) is 0. The minimum Gasteiger partial charge on any atom is -0.320 e. The minimum atomic E-state index is 0.869. The highest BCUT2D eigenvalue weighted by Gasteiger charge is 2.01. The van der Waals surface area contributed by atoms with Gasteiger partial charge < -0.3 is 4.57 Å². The molecule has 2 heterocycles. The average molecular weight is 239 g/mol. The highest BCUT2D eigenvalue weighted by molar-refractivity contribution is 5.30. The molecule has 0 aliphatic heterocycles. The monoisotopic (exact) mass is 239 g/mol. The number of hydrogen-bond acceptors (Lipinski definition) is 3. The lowest BCUT2D eigenvalue weighted by Crippen LogP contribution is -1.98. The maximum absolute atomic E-state index is 4.36. The predicted octanol–water partition coefficient (Wildman–Crippen LogP) is 1.71. The van der Waals surface area contributed by atoms with Crippen LogP contribution in [0.5, 0.6) is 0 Å². The fraction of sp³-hybridized carbons (Fsp3) is 0.154. The number of benzene rings is 1. The summed E-state index contributed by atoms with van der Waals surface area (Å²) in [5.41, 5.74) is 2.28. The van der Waals surface area contributed by atoms with Gasteiger partial charge in [0.25, 0.3) is 0 Å². The van der Waals surface area contributed by atoms with Crippen molar-refractivity contribution in [1.82, 2.24) is 24.5 Å². The van der Waals surface area contributed by atoms with Crippen LogP contribution < -0.4 is 0 Å². The third-order valence-electron chi connectivity index (χ3n) is 2.78. The molecule has 0 aliphatic rings. The number of aromatic nitrogens is 5. The Morgan fingerprint density at radius 1 is 1.00 bits per heavy atom. The average Bonchev–Trinajstić information content (AvgIpc) is 3.09. The van der Waals surface area contributed by atoms with Crippen LogP contribution >= 0.6 is 0 Å². The van der Waals surface area contributed by atoms with E-state index in [0.717, 1.165) is 18.7 Å². The Bertz CT molecular complexity index is 597. The smallest absolute Gasteiger partial charge is 0.119 e. The van der Waals surface area contributed by atoms with Gasteiger partial charge in [-0.1, -0.05) is 18.2 Å². The fourth-order valence-corrected chi connectivity index (χ4v) is 1.81. The third-order valence-corrected chi connectivity index (χ3v) is 2.78. The lowest BCUT2D eigenvalue weighted by Gasteiger charge is -2.00. The van der Waals surface area contributed by atoms with Crippen molar-refractivity contribution in [3.8, 4) is 5.69 Å². The Morgan fingerprint density at radius 3 is 2.56 bits per heavy atom. The normalized spacial score (nSPS) is 10.7. The molecule has 3 rings (SSSR count). The van der Waals surface area contributed by atoms with Crippen molar-refractivity contribution in [2.24, 2.45) is 0 Å². The van der Waals surface area contributed by atoms with Crippen LogP contribution in [0.4, 0.5) is 0 Å². The van der Waals surface area contributed by atoms with Crippen molar-refractivity contribution >= 4 is 0 Å². The van der Waals surface area contributed by atoms with Gasteiger partial charge in [-0.2, -0.15) is 5.10 Å². The molecule has 0 aliphatic carbocycles. The van der Waals surface area contributed by atoms with Crippen LogP contribution in [0.2, 0.25) is 0 Å². The van der Waals surface area contributed by atoms with Crippen LogP contribution in [-0.4, -0.2) is 24.5 Å². The maximum atomic E-state index is 4.36. The van der Waals surface area contributed by atoms with E-state index in [-0.39, 0.29) is 0 Å². The van der Waals surface area contributed by atoms with Gasteiger partial charge in [-0.3, -0.25) is 0 Å². The molecule has 1 aromatic carbocycles. The van der Waals surface area contributed by atoms with Gasteiger partial charge in [-0.15, -0.1) is 10.2 Å². The summed E-state index contributed by atoms with van der Waals surface area (Å²) < 4.78 is 3.85. The lowest BCUT2D eigenvalue weighted by atomic mass is 10.2. The van der Waals surface area contributed by atoms with E-state index in [1.807, 2.05) is 45.8 Å². The molecule has 0 atom stereocenters. The first-order valence-electron chi connectivity index (χ1n) is 5.83. The lowest BCUT2D eigenvalue weighted by molar-refractivity contribution is 0.693. The molecule has 5 heteroatoms. The van der Waals surface area contributed by atoms with Crippen molar-refractivity contribution in [3.05, 3.63) is 60.9 Å². The summed E-state index contributed by atoms with van der Waals surface area (Å²) in [6, 6.07) is 10.1. The standard InChI is InChI=1S/C13H13N5/c1-2-4-13(5-3-1)18-9-12(8-16-18)6-7-17-10-14-15-11-17/h1-5,8-11H,6-7H2. The van der Waals surface area contributed by atoms with Crippen LogP contribution in [0.25, 0.3) is 5.69 Å². The molecule has 90 valence electrons. The zero-order valence-corrected chi connectivity index (χ0v) is 9.85. The van der Waals surface area contributed by atoms with E-state index in [1.54, 1.807) is 12.7 Å². The van der Waals surface area contributed by atoms with Crippen LogP contribution in [0.15, 0.2) is 55.4 Å². The molecule has 0 bridgehead atoms. The first-order chi connectivity index (χ1) is 8.92. The number of nitrogens with zero attached hydrogens (tertiary/aromatic N) is 5. The number of para-hydroxylation sites is 1. The Kier molecular flexibility index (Phi) is 2.87. The molecule has 0 amide bonds.